The molecule has 17 heavy (non-hydrogen) atoms. The lowest BCUT2D eigenvalue weighted by atomic mass is 9.98. The Bertz CT molecular complexity index is 287. The first-order chi connectivity index (χ1) is 8.05. The second kappa shape index (κ2) is 5.86. The Morgan fingerprint density at radius 2 is 1.94 bits per heavy atom. The topological polar surface area (TPSA) is 89.9 Å². The zero-order chi connectivity index (χ0) is 12.9. The third-order valence-electron chi connectivity index (χ3n) is 3.25. The average molecular weight is 244 g/mol. The van der Waals surface area contributed by atoms with Crippen molar-refractivity contribution in [2.75, 3.05) is 19.7 Å². The molecule has 0 saturated heterocycles. The van der Waals surface area contributed by atoms with Crippen molar-refractivity contribution in [3.63, 3.8) is 0 Å². The maximum Gasteiger partial charge on any atom is 0.329 e. The predicted octanol–water partition coefficient (Wildman–Crippen LogP) is 0.408. The minimum absolute atomic E-state index is 0.124. The lowest BCUT2D eigenvalue weighted by molar-refractivity contribution is -0.144. The smallest absolute Gasteiger partial charge is 0.329 e. The van der Waals surface area contributed by atoms with Gasteiger partial charge >= 0.3 is 12.0 Å². The van der Waals surface area contributed by atoms with E-state index in [9.17, 15) is 14.7 Å². The van der Waals surface area contributed by atoms with Gasteiger partial charge in [0.05, 0.1) is 6.61 Å². The number of aliphatic hydroxyl groups excluding tert-OH is 1. The first-order valence-corrected chi connectivity index (χ1v) is 5.97. The molecule has 0 heterocycles. The molecule has 0 spiro atoms. The molecule has 1 aliphatic rings. The molecular weight excluding hydrogens is 224 g/mol. The zero-order valence-electron chi connectivity index (χ0n) is 10.1. The van der Waals surface area contributed by atoms with Gasteiger partial charge in [-0.1, -0.05) is 12.8 Å². The van der Waals surface area contributed by atoms with Gasteiger partial charge < -0.3 is 20.4 Å². The number of aliphatic carboxylic acids is 1. The molecule has 2 amide bonds. The molecule has 6 nitrogen and oxygen atoms in total. The van der Waals surface area contributed by atoms with Crippen LogP contribution in [0.15, 0.2) is 0 Å². The van der Waals surface area contributed by atoms with Gasteiger partial charge in [-0.25, -0.2) is 9.59 Å². The van der Waals surface area contributed by atoms with Crippen LogP contribution in [0.3, 0.4) is 0 Å². The van der Waals surface area contributed by atoms with Gasteiger partial charge in [0.15, 0.2) is 0 Å². The Morgan fingerprint density at radius 1 is 1.35 bits per heavy atom. The van der Waals surface area contributed by atoms with Crippen LogP contribution in [0.2, 0.25) is 0 Å². The van der Waals surface area contributed by atoms with E-state index < -0.39 is 17.5 Å². The fraction of sp³-hybridized carbons (Fsp3) is 0.818. The van der Waals surface area contributed by atoms with Gasteiger partial charge in [-0.3, -0.25) is 0 Å². The molecule has 0 aromatic carbocycles. The van der Waals surface area contributed by atoms with E-state index in [4.69, 9.17) is 5.11 Å². The number of carbonyl (C=O) groups excluding carboxylic acids is 1. The maximum absolute atomic E-state index is 11.9. The number of carbonyl (C=O) groups is 2. The number of carboxylic acid groups (broad SMARTS) is 1. The van der Waals surface area contributed by atoms with Crippen LogP contribution in [-0.2, 0) is 4.79 Å². The maximum atomic E-state index is 11.9. The number of hydrogen-bond acceptors (Lipinski definition) is 3. The largest absolute Gasteiger partial charge is 0.480 e. The van der Waals surface area contributed by atoms with Crippen molar-refractivity contribution in [1.29, 1.82) is 0 Å². The van der Waals surface area contributed by atoms with Crippen molar-refractivity contribution < 1.29 is 19.8 Å². The molecule has 1 saturated carbocycles. The van der Waals surface area contributed by atoms with Crippen LogP contribution in [0.5, 0.6) is 0 Å². The van der Waals surface area contributed by atoms with Crippen LogP contribution >= 0.6 is 0 Å². The highest BCUT2D eigenvalue weighted by atomic mass is 16.4. The third kappa shape index (κ3) is 3.09. The van der Waals surface area contributed by atoms with Crippen molar-refractivity contribution in [3.8, 4) is 0 Å². The number of aliphatic hydroxyl groups is 1. The molecule has 0 aromatic rings. The number of likely N-dealkylation sites (N-methyl/N-ethyl adjacent to an activating group) is 1. The van der Waals surface area contributed by atoms with Crippen LogP contribution in [0.25, 0.3) is 0 Å². The van der Waals surface area contributed by atoms with E-state index in [-0.39, 0.29) is 13.2 Å². The summed E-state index contributed by atoms with van der Waals surface area (Å²) in [4.78, 5) is 24.5. The average Bonchev–Trinajstić information content (AvgIpc) is 2.75. The number of rotatable bonds is 5. The Kier molecular flexibility index (Phi) is 4.74. The highest BCUT2D eigenvalue weighted by Gasteiger charge is 2.43. The van der Waals surface area contributed by atoms with Gasteiger partial charge in [0, 0.05) is 13.1 Å². The summed E-state index contributed by atoms with van der Waals surface area (Å²) in [6, 6.07) is -0.411. The monoisotopic (exact) mass is 244 g/mol. The molecule has 0 bridgehead atoms. The van der Waals surface area contributed by atoms with Crippen molar-refractivity contribution >= 4 is 12.0 Å². The van der Waals surface area contributed by atoms with Crippen LogP contribution in [0.1, 0.15) is 32.6 Å². The second-order valence-electron chi connectivity index (χ2n) is 4.33. The summed E-state index contributed by atoms with van der Waals surface area (Å²) < 4.78 is 0. The molecule has 0 unspecified atom stereocenters. The molecule has 1 rings (SSSR count). The van der Waals surface area contributed by atoms with Crippen LogP contribution in [0.4, 0.5) is 4.79 Å². The molecule has 0 radical (unpaired) electrons. The zero-order valence-corrected chi connectivity index (χ0v) is 10.1. The summed E-state index contributed by atoms with van der Waals surface area (Å²) >= 11 is 0. The van der Waals surface area contributed by atoms with E-state index in [0.717, 1.165) is 12.8 Å². The van der Waals surface area contributed by atoms with Gasteiger partial charge in [-0.05, 0) is 19.8 Å². The summed E-state index contributed by atoms with van der Waals surface area (Å²) in [7, 11) is 0. The van der Waals surface area contributed by atoms with Crippen molar-refractivity contribution in [1.82, 2.24) is 10.2 Å². The molecule has 1 aliphatic carbocycles. The van der Waals surface area contributed by atoms with E-state index in [0.29, 0.717) is 19.4 Å². The van der Waals surface area contributed by atoms with E-state index >= 15 is 0 Å². The summed E-state index contributed by atoms with van der Waals surface area (Å²) in [5.74, 6) is -0.969. The Balaban J connectivity index is 2.67. The first-order valence-electron chi connectivity index (χ1n) is 5.97. The minimum atomic E-state index is -1.11. The number of urea groups is 1. The lowest BCUT2D eigenvalue weighted by Gasteiger charge is -2.29. The summed E-state index contributed by atoms with van der Waals surface area (Å²) in [5.41, 5.74) is -1.11. The van der Waals surface area contributed by atoms with Gasteiger partial charge in [0.2, 0.25) is 0 Å². The first kappa shape index (κ1) is 13.8. The Labute approximate surface area is 101 Å². The van der Waals surface area contributed by atoms with Crippen molar-refractivity contribution in [2.24, 2.45) is 0 Å². The van der Waals surface area contributed by atoms with Crippen molar-refractivity contribution in [3.05, 3.63) is 0 Å². The van der Waals surface area contributed by atoms with Crippen LogP contribution in [-0.4, -0.2) is 52.3 Å². The van der Waals surface area contributed by atoms with Gasteiger partial charge in [0.1, 0.15) is 5.54 Å². The quantitative estimate of drug-likeness (QED) is 0.653. The molecular formula is C11H20N2O4. The second-order valence-corrected chi connectivity index (χ2v) is 4.33. The van der Waals surface area contributed by atoms with Crippen molar-refractivity contribution in [2.45, 2.75) is 38.1 Å². The molecule has 6 heteroatoms. The number of nitrogens with one attached hydrogen (secondary N) is 1. The van der Waals surface area contributed by atoms with Gasteiger partial charge in [0.25, 0.3) is 0 Å². The minimum Gasteiger partial charge on any atom is -0.480 e. The van der Waals surface area contributed by atoms with Crippen LogP contribution < -0.4 is 5.32 Å². The van der Waals surface area contributed by atoms with E-state index in [2.05, 4.69) is 5.32 Å². The van der Waals surface area contributed by atoms with Gasteiger partial charge in [-0.2, -0.15) is 0 Å². The number of carboxylic acids is 1. The highest BCUT2D eigenvalue weighted by molar-refractivity contribution is 5.86. The molecule has 0 atom stereocenters. The normalized spacial score (nSPS) is 17.8. The molecule has 0 aromatic heterocycles. The highest BCUT2D eigenvalue weighted by Crippen LogP contribution is 2.30. The molecule has 3 N–H and O–H groups in total. The number of nitrogens with zero attached hydrogens (tertiary/aromatic N) is 1. The fourth-order valence-corrected chi connectivity index (χ4v) is 2.18. The van der Waals surface area contributed by atoms with Crippen LogP contribution in [0, 0.1) is 0 Å². The molecule has 98 valence electrons. The van der Waals surface area contributed by atoms with Gasteiger partial charge in [-0.15, -0.1) is 0 Å². The molecule has 1 fully saturated rings. The Hall–Kier alpha value is -1.30. The predicted molar refractivity (Wildman–Crippen MR) is 61.7 cm³/mol. The van der Waals surface area contributed by atoms with E-state index in [1.165, 1.54) is 4.90 Å². The summed E-state index contributed by atoms with van der Waals surface area (Å²) in [6.07, 6.45) is 2.59. The summed E-state index contributed by atoms with van der Waals surface area (Å²) in [6.45, 7) is 2.33. The standard InChI is InChI=1S/C11H20N2O4/c1-2-13(7-8-14)10(17)12-11(9(15)16)5-3-4-6-11/h14H,2-8H2,1H3,(H,12,17)(H,15,16). The summed E-state index contributed by atoms with van der Waals surface area (Å²) in [5, 5.41) is 20.6. The lowest BCUT2D eigenvalue weighted by Crippen LogP contribution is -2.56. The number of hydrogen-bond donors (Lipinski definition) is 3. The molecule has 0 aliphatic heterocycles. The van der Waals surface area contributed by atoms with E-state index in [1.54, 1.807) is 6.92 Å². The Morgan fingerprint density at radius 3 is 2.35 bits per heavy atom. The third-order valence-corrected chi connectivity index (χ3v) is 3.25. The van der Waals surface area contributed by atoms with E-state index in [1.807, 2.05) is 0 Å². The SMILES string of the molecule is CCN(CCO)C(=O)NC1(C(=O)O)CCCC1. The fourth-order valence-electron chi connectivity index (χ4n) is 2.18. The number of amides is 2.